The van der Waals surface area contributed by atoms with Crippen molar-refractivity contribution in [3.05, 3.63) is 29.8 Å². The second-order valence-corrected chi connectivity index (χ2v) is 6.26. The Balaban J connectivity index is 1.56. The molecule has 0 aliphatic carbocycles. The van der Waals surface area contributed by atoms with Gasteiger partial charge in [-0.1, -0.05) is 12.1 Å². The lowest BCUT2D eigenvalue weighted by Gasteiger charge is -2.26. The molecule has 2 aliphatic heterocycles. The van der Waals surface area contributed by atoms with Gasteiger partial charge < -0.3 is 20.9 Å². The Morgan fingerprint density at radius 2 is 2.26 bits per heavy atom. The number of anilines is 1. The first-order valence-electron chi connectivity index (χ1n) is 8.36. The molecule has 23 heavy (non-hydrogen) atoms. The van der Waals surface area contributed by atoms with E-state index in [9.17, 15) is 9.59 Å². The van der Waals surface area contributed by atoms with E-state index in [1.54, 1.807) is 0 Å². The molecule has 1 aromatic carbocycles. The van der Waals surface area contributed by atoms with Gasteiger partial charge in [0.25, 0.3) is 0 Å². The lowest BCUT2D eigenvalue weighted by atomic mass is 10.1. The Bertz CT molecular complexity index is 569. The van der Waals surface area contributed by atoms with Gasteiger partial charge in [-0.3, -0.25) is 4.79 Å². The molecule has 1 aromatic rings. The molecular weight excluding hydrogens is 292 g/mol. The monoisotopic (exact) mass is 316 g/mol. The highest BCUT2D eigenvalue weighted by Gasteiger charge is 2.19. The number of rotatable bonds is 4. The summed E-state index contributed by atoms with van der Waals surface area (Å²) in [7, 11) is 0. The number of nitrogens with one attached hydrogen (secondary N) is 3. The van der Waals surface area contributed by atoms with Gasteiger partial charge in [-0.2, -0.15) is 0 Å². The molecule has 0 spiro atoms. The first kappa shape index (κ1) is 15.8. The van der Waals surface area contributed by atoms with Gasteiger partial charge in [0.05, 0.1) is 0 Å². The molecule has 0 aromatic heterocycles. The summed E-state index contributed by atoms with van der Waals surface area (Å²) in [5.41, 5.74) is 1.80. The van der Waals surface area contributed by atoms with Crippen LogP contribution in [-0.4, -0.2) is 42.5 Å². The molecule has 2 heterocycles. The molecule has 2 fully saturated rings. The van der Waals surface area contributed by atoms with Crippen LogP contribution in [0.1, 0.15) is 31.2 Å². The summed E-state index contributed by atoms with van der Waals surface area (Å²) in [5, 5.41) is 9.05. The van der Waals surface area contributed by atoms with Gasteiger partial charge in [-0.25, -0.2) is 4.79 Å². The zero-order valence-electron chi connectivity index (χ0n) is 13.3. The average molecular weight is 316 g/mol. The molecule has 0 saturated carbocycles. The summed E-state index contributed by atoms with van der Waals surface area (Å²) in [6.07, 6.45) is 3.68. The van der Waals surface area contributed by atoms with Crippen molar-refractivity contribution in [1.82, 2.24) is 15.5 Å². The summed E-state index contributed by atoms with van der Waals surface area (Å²) < 4.78 is 0. The molecule has 0 radical (unpaired) electrons. The summed E-state index contributed by atoms with van der Waals surface area (Å²) in [5.74, 6) is 0.223. The van der Waals surface area contributed by atoms with E-state index in [2.05, 4.69) is 16.0 Å². The van der Waals surface area contributed by atoms with Crippen molar-refractivity contribution in [2.24, 2.45) is 0 Å². The van der Waals surface area contributed by atoms with Crippen molar-refractivity contribution in [1.29, 1.82) is 0 Å². The van der Waals surface area contributed by atoms with Crippen molar-refractivity contribution in [3.63, 3.8) is 0 Å². The number of amides is 3. The third-order valence-electron chi connectivity index (χ3n) is 4.38. The van der Waals surface area contributed by atoms with Gasteiger partial charge in [0.2, 0.25) is 5.91 Å². The fraction of sp³-hybridized carbons (Fsp3) is 0.529. The molecule has 0 bridgehead atoms. The van der Waals surface area contributed by atoms with Gasteiger partial charge in [-0.15, -0.1) is 0 Å². The number of nitrogens with zero attached hydrogens (tertiary/aromatic N) is 1. The number of carbonyl (C=O) groups is 2. The minimum absolute atomic E-state index is 0.176. The maximum atomic E-state index is 12.0. The second kappa shape index (κ2) is 7.46. The molecule has 6 heteroatoms. The highest BCUT2D eigenvalue weighted by Crippen LogP contribution is 2.17. The van der Waals surface area contributed by atoms with E-state index < -0.39 is 0 Å². The van der Waals surface area contributed by atoms with Crippen LogP contribution in [0.2, 0.25) is 0 Å². The number of carbonyl (C=O) groups excluding carboxylic acids is 2. The summed E-state index contributed by atoms with van der Waals surface area (Å²) in [6, 6.07) is 7.74. The standard InChI is InChI=1S/C17H24N4O2/c22-16-6-1-2-9-21(16)12-13-4-3-5-14(10-13)19-17(23)20-15-7-8-18-11-15/h3-5,10,15,18H,1-2,6-9,11-12H2,(H2,19,20,23)/t15-/m0/s1. The first-order valence-corrected chi connectivity index (χ1v) is 8.36. The van der Waals surface area contributed by atoms with Gasteiger partial charge in [-0.05, 0) is 43.5 Å². The highest BCUT2D eigenvalue weighted by molar-refractivity contribution is 5.89. The molecule has 3 N–H and O–H groups in total. The number of benzene rings is 1. The molecule has 2 aliphatic rings. The van der Waals surface area contributed by atoms with Crippen molar-refractivity contribution in [2.45, 2.75) is 38.3 Å². The molecule has 3 amide bonds. The molecule has 0 unspecified atom stereocenters. The van der Waals surface area contributed by atoms with Crippen molar-refractivity contribution in [2.75, 3.05) is 25.0 Å². The van der Waals surface area contributed by atoms with Crippen molar-refractivity contribution in [3.8, 4) is 0 Å². The topological polar surface area (TPSA) is 73.5 Å². The summed E-state index contributed by atoms with van der Waals surface area (Å²) in [6.45, 7) is 3.21. The van der Waals surface area contributed by atoms with Gasteiger partial charge in [0.1, 0.15) is 0 Å². The van der Waals surface area contributed by atoms with Crippen molar-refractivity contribution < 1.29 is 9.59 Å². The Labute approximate surface area is 136 Å². The maximum absolute atomic E-state index is 12.0. The van der Waals surface area contributed by atoms with Crippen LogP contribution >= 0.6 is 0 Å². The normalized spacial score (nSPS) is 21.3. The number of hydrogen-bond acceptors (Lipinski definition) is 3. The number of likely N-dealkylation sites (tertiary alicyclic amines) is 1. The molecule has 2 saturated heterocycles. The fourth-order valence-corrected chi connectivity index (χ4v) is 3.13. The van der Waals surface area contributed by atoms with Crippen LogP contribution in [0.5, 0.6) is 0 Å². The lowest BCUT2D eigenvalue weighted by Crippen LogP contribution is -2.39. The van der Waals surface area contributed by atoms with Crippen LogP contribution in [0.3, 0.4) is 0 Å². The van der Waals surface area contributed by atoms with E-state index in [0.717, 1.165) is 50.1 Å². The van der Waals surface area contributed by atoms with E-state index >= 15 is 0 Å². The van der Waals surface area contributed by atoms with E-state index in [0.29, 0.717) is 13.0 Å². The van der Waals surface area contributed by atoms with E-state index in [1.807, 2.05) is 29.2 Å². The SMILES string of the molecule is O=C(Nc1cccc(CN2CCCCC2=O)c1)N[C@H]1CCNC1. The van der Waals surface area contributed by atoms with Crippen LogP contribution in [0, 0.1) is 0 Å². The lowest BCUT2D eigenvalue weighted by molar-refractivity contribution is -0.133. The van der Waals surface area contributed by atoms with Crippen LogP contribution in [0.15, 0.2) is 24.3 Å². The summed E-state index contributed by atoms with van der Waals surface area (Å²) >= 11 is 0. The maximum Gasteiger partial charge on any atom is 0.319 e. The zero-order chi connectivity index (χ0) is 16.1. The summed E-state index contributed by atoms with van der Waals surface area (Å²) in [4.78, 5) is 25.8. The highest BCUT2D eigenvalue weighted by atomic mass is 16.2. The van der Waals surface area contributed by atoms with Crippen LogP contribution in [-0.2, 0) is 11.3 Å². The Morgan fingerprint density at radius 1 is 1.35 bits per heavy atom. The Kier molecular flexibility index (Phi) is 5.12. The average Bonchev–Trinajstić information content (AvgIpc) is 3.03. The fourth-order valence-electron chi connectivity index (χ4n) is 3.13. The Hall–Kier alpha value is -2.08. The van der Waals surface area contributed by atoms with E-state index in [1.165, 1.54) is 0 Å². The zero-order valence-corrected chi connectivity index (χ0v) is 13.3. The van der Waals surface area contributed by atoms with Crippen LogP contribution < -0.4 is 16.0 Å². The third kappa shape index (κ3) is 4.45. The first-order chi connectivity index (χ1) is 11.2. The largest absolute Gasteiger partial charge is 0.338 e. The van der Waals surface area contributed by atoms with Gasteiger partial charge in [0, 0.05) is 37.8 Å². The third-order valence-corrected chi connectivity index (χ3v) is 4.38. The number of urea groups is 1. The molecule has 1 atom stereocenters. The minimum Gasteiger partial charge on any atom is -0.338 e. The van der Waals surface area contributed by atoms with E-state index in [-0.39, 0.29) is 18.0 Å². The predicted octanol–water partition coefficient (Wildman–Crippen LogP) is 1.68. The second-order valence-electron chi connectivity index (χ2n) is 6.26. The molecule has 3 rings (SSSR count). The van der Waals surface area contributed by atoms with Crippen molar-refractivity contribution >= 4 is 17.6 Å². The quantitative estimate of drug-likeness (QED) is 0.791. The number of hydrogen-bond donors (Lipinski definition) is 3. The Morgan fingerprint density at radius 3 is 3.04 bits per heavy atom. The molecular formula is C17H24N4O2. The molecule has 6 nitrogen and oxygen atoms in total. The predicted molar refractivity (Wildman–Crippen MR) is 89.1 cm³/mol. The van der Waals surface area contributed by atoms with Gasteiger partial charge >= 0.3 is 6.03 Å². The minimum atomic E-state index is -0.176. The smallest absolute Gasteiger partial charge is 0.319 e. The number of piperidine rings is 1. The van der Waals surface area contributed by atoms with Crippen LogP contribution in [0.4, 0.5) is 10.5 Å². The van der Waals surface area contributed by atoms with E-state index in [4.69, 9.17) is 0 Å². The molecule has 124 valence electrons. The van der Waals surface area contributed by atoms with Gasteiger partial charge in [0.15, 0.2) is 0 Å². The van der Waals surface area contributed by atoms with Crippen LogP contribution in [0.25, 0.3) is 0 Å².